The van der Waals surface area contributed by atoms with Gasteiger partial charge in [0.05, 0.1) is 5.56 Å². The van der Waals surface area contributed by atoms with Crippen LogP contribution >= 0.6 is 0 Å². The summed E-state index contributed by atoms with van der Waals surface area (Å²) in [7, 11) is 0. The molecular weight excluding hydrogens is 206 g/mol. The summed E-state index contributed by atoms with van der Waals surface area (Å²) in [6.45, 7) is 0.408. The molecular formula is C11H11N3O2. The average molecular weight is 217 g/mol. The second-order valence-electron chi connectivity index (χ2n) is 3.08. The van der Waals surface area contributed by atoms with Crippen molar-refractivity contribution in [2.24, 2.45) is 5.11 Å². The Labute approximate surface area is 92.7 Å². The number of rotatable bonds is 5. The fourth-order valence-corrected chi connectivity index (χ4v) is 1.17. The van der Waals surface area contributed by atoms with Crippen LogP contribution in [-0.4, -0.2) is 17.6 Å². The lowest BCUT2D eigenvalue weighted by Crippen LogP contribution is -1.95. The van der Waals surface area contributed by atoms with Crippen LogP contribution in [0.25, 0.3) is 16.5 Å². The van der Waals surface area contributed by atoms with E-state index in [0.29, 0.717) is 13.0 Å². The monoisotopic (exact) mass is 217 g/mol. The van der Waals surface area contributed by atoms with E-state index in [9.17, 15) is 4.79 Å². The van der Waals surface area contributed by atoms with Gasteiger partial charge in [-0.25, -0.2) is 4.79 Å². The van der Waals surface area contributed by atoms with E-state index in [1.165, 1.54) is 0 Å². The Morgan fingerprint density at radius 3 is 3.06 bits per heavy atom. The molecule has 5 heteroatoms. The first kappa shape index (κ1) is 11.8. The largest absolute Gasteiger partial charge is 0.478 e. The molecule has 0 aliphatic rings. The molecule has 0 unspecified atom stereocenters. The summed E-state index contributed by atoms with van der Waals surface area (Å²) >= 11 is 0. The third-order valence-corrected chi connectivity index (χ3v) is 1.90. The lowest BCUT2D eigenvalue weighted by molar-refractivity contribution is 0.0697. The number of nitrogens with zero attached hydrogens (tertiary/aromatic N) is 3. The molecule has 0 aliphatic carbocycles. The van der Waals surface area contributed by atoms with Gasteiger partial charge in [-0.05, 0) is 29.6 Å². The Bertz CT molecular complexity index is 448. The van der Waals surface area contributed by atoms with Crippen LogP contribution in [0.15, 0.2) is 35.5 Å². The van der Waals surface area contributed by atoms with Crippen LogP contribution in [0.5, 0.6) is 0 Å². The standard InChI is InChI=1S/C11H11N3O2/c12-14-13-7-2-1-4-9-5-3-6-10(8-9)11(15)16/h1,3-6,8H,2,7H2,(H,15,16). The predicted molar refractivity (Wildman–Crippen MR) is 61.1 cm³/mol. The number of carboxylic acids is 1. The minimum atomic E-state index is -0.940. The van der Waals surface area contributed by atoms with Gasteiger partial charge in [-0.2, -0.15) is 0 Å². The van der Waals surface area contributed by atoms with Gasteiger partial charge >= 0.3 is 5.97 Å². The van der Waals surface area contributed by atoms with E-state index < -0.39 is 5.97 Å². The third-order valence-electron chi connectivity index (χ3n) is 1.90. The molecule has 0 saturated heterocycles. The maximum absolute atomic E-state index is 10.7. The third kappa shape index (κ3) is 3.86. The SMILES string of the molecule is [N-]=[N+]=NCCC=Cc1cccc(C(=O)O)c1. The van der Waals surface area contributed by atoms with Crippen LogP contribution in [0, 0.1) is 0 Å². The summed E-state index contributed by atoms with van der Waals surface area (Å²) in [5, 5.41) is 12.2. The van der Waals surface area contributed by atoms with Crippen molar-refractivity contribution in [3.05, 3.63) is 51.9 Å². The highest BCUT2D eigenvalue weighted by Gasteiger charge is 2.00. The molecule has 82 valence electrons. The number of hydrogen-bond acceptors (Lipinski definition) is 2. The fraction of sp³-hybridized carbons (Fsp3) is 0.182. The van der Waals surface area contributed by atoms with Gasteiger partial charge in [0.2, 0.25) is 0 Å². The van der Waals surface area contributed by atoms with Crippen LogP contribution in [0.1, 0.15) is 22.3 Å². The Balaban J connectivity index is 2.63. The lowest BCUT2D eigenvalue weighted by atomic mass is 10.1. The van der Waals surface area contributed by atoms with Gasteiger partial charge in [-0.1, -0.05) is 29.4 Å². The van der Waals surface area contributed by atoms with Crippen LogP contribution in [0.3, 0.4) is 0 Å². The summed E-state index contributed by atoms with van der Waals surface area (Å²) in [6, 6.07) is 6.64. The molecule has 0 aromatic heterocycles. The topological polar surface area (TPSA) is 86.1 Å². The molecule has 1 aromatic rings. The van der Waals surface area contributed by atoms with Crippen molar-refractivity contribution in [1.82, 2.24) is 0 Å². The van der Waals surface area contributed by atoms with Gasteiger partial charge in [0, 0.05) is 11.5 Å². The maximum Gasteiger partial charge on any atom is 0.335 e. The molecule has 1 N–H and O–H groups in total. The van der Waals surface area contributed by atoms with E-state index in [1.807, 2.05) is 12.1 Å². The second kappa shape index (κ2) is 6.27. The molecule has 5 nitrogen and oxygen atoms in total. The minimum absolute atomic E-state index is 0.261. The number of hydrogen-bond donors (Lipinski definition) is 1. The van der Waals surface area contributed by atoms with Crippen molar-refractivity contribution in [3.63, 3.8) is 0 Å². The molecule has 0 bridgehead atoms. The van der Waals surface area contributed by atoms with E-state index in [4.69, 9.17) is 10.6 Å². The first-order valence-electron chi connectivity index (χ1n) is 4.75. The highest BCUT2D eigenvalue weighted by atomic mass is 16.4. The number of carbonyl (C=O) groups is 1. The molecule has 1 aromatic carbocycles. The summed E-state index contributed by atoms with van der Waals surface area (Å²) in [5.41, 5.74) is 9.13. The van der Waals surface area contributed by atoms with Gasteiger partial charge in [0.15, 0.2) is 0 Å². The maximum atomic E-state index is 10.7. The zero-order chi connectivity index (χ0) is 11.8. The Kier molecular flexibility index (Phi) is 4.63. The lowest BCUT2D eigenvalue weighted by Gasteiger charge is -1.96. The normalized spacial score (nSPS) is 10.0. The Morgan fingerprint density at radius 1 is 1.56 bits per heavy atom. The first-order valence-corrected chi connectivity index (χ1v) is 4.75. The van der Waals surface area contributed by atoms with Gasteiger partial charge in [0.25, 0.3) is 0 Å². The Morgan fingerprint density at radius 2 is 2.38 bits per heavy atom. The molecule has 0 radical (unpaired) electrons. The number of azide groups is 1. The summed E-state index contributed by atoms with van der Waals surface area (Å²) in [4.78, 5) is 13.3. The van der Waals surface area contributed by atoms with Crippen molar-refractivity contribution in [2.45, 2.75) is 6.42 Å². The van der Waals surface area contributed by atoms with E-state index in [1.54, 1.807) is 24.3 Å². The van der Waals surface area contributed by atoms with Crippen molar-refractivity contribution in [1.29, 1.82) is 0 Å². The number of carboxylic acid groups (broad SMARTS) is 1. The van der Waals surface area contributed by atoms with Crippen LogP contribution in [0.2, 0.25) is 0 Å². The smallest absolute Gasteiger partial charge is 0.335 e. The van der Waals surface area contributed by atoms with Crippen LogP contribution in [-0.2, 0) is 0 Å². The fourth-order valence-electron chi connectivity index (χ4n) is 1.17. The number of aromatic carboxylic acids is 1. The van der Waals surface area contributed by atoms with E-state index in [0.717, 1.165) is 5.56 Å². The van der Waals surface area contributed by atoms with E-state index >= 15 is 0 Å². The zero-order valence-corrected chi connectivity index (χ0v) is 8.58. The predicted octanol–water partition coefficient (Wildman–Crippen LogP) is 3.10. The zero-order valence-electron chi connectivity index (χ0n) is 8.58. The van der Waals surface area contributed by atoms with Crippen LogP contribution < -0.4 is 0 Å². The molecule has 0 amide bonds. The molecule has 16 heavy (non-hydrogen) atoms. The summed E-state index contributed by atoms with van der Waals surface area (Å²) in [5.74, 6) is -0.940. The van der Waals surface area contributed by atoms with Crippen LogP contribution in [0.4, 0.5) is 0 Å². The van der Waals surface area contributed by atoms with E-state index in [2.05, 4.69) is 10.0 Å². The summed E-state index contributed by atoms with van der Waals surface area (Å²) in [6.07, 6.45) is 4.29. The second-order valence-corrected chi connectivity index (χ2v) is 3.08. The van der Waals surface area contributed by atoms with Crippen molar-refractivity contribution >= 4 is 12.0 Å². The number of benzene rings is 1. The quantitative estimate of drug-likeness (QED) is 0.355. The van der Waals surface area contributed by atoms with Gasteiger partial charge < -0.3 is 5.11 Å². The Hall–Kier alpha value is -2.26. The molecule has 0 fully saturated rings. The van der Waals surface area contributed by atoms with E-state index in [-0.39, 0.29) is 5.56 Å². The van der Waals surface area contributed by atoms with Gasteiger partial charge in [-0.3, -0.25) is 0 Å². The molecule has 0 aliphatic heterocycles. The average Bonchev–Trinajstić information content (AvgIpc) is 2.29. The molecule has 0 saturated carbocycles. The van der Waals surface area contributed by atoms with Crippen molar-refractivity contribution in [3.8, 4) is 0 Å². The highest BCUT2D eigenvalue weighted by Crippen LogP contribution is 2.07. The molecule has 0 atom stereocenters. The van der Waals surface area contributed by atoms with Gasteiger partial charge in [0.1, 0.15) is 0 Å². The minimum Gasteiger partial charge on any atom is -0.478 e. The molecule has 0 heterocycles. The highest BCUT2D eigenvalue weighted by molar-refractivity contribution is 5.88. The van der Waals surface area contributed by atoms with Gasteiger partial charge in [-0.15, -0.1) is 0 Å². The summed E-state index contributed by atoms with van der Waals surface area (Å²) < 4.78 is 0. The molecule has 1 rings (SSSR count). The molecule has 0 spiro atoms. The first-order chi connectivity index (χ1) is 7.74. The van der Waals surface area contributed by atoms with Crippen molar-refractivity contribution < 1.29 is 9.90 Å². The van der Waals surface area contributed by atoms with Crippen molar-refractivity contribution in [2.75, 3.05) is 6.54 Å².